The van der Waals surface area contributed by atoms with Crippen LogP contribution in [0, 0.1) is 11.3 Å². The predicted molar refractivity (Wildman–Crippen MR) is 111 cm³/mol. The molecule has 30 heavy (non-hydrogen) atoms. The second-order valence-corrected chi connectivity index (χ2v) is 7.31. The molecule has 0 unspecified atom stereocenters. The van der Waals surface area contributed by atoms with Crippen molar-refractivity contribution in [3.05, 3.63) is 82.4 Å². The molecule has 0 radical (unpaired) electrons. The molecule has 1 heterocycles. The molecule has 2 aromatic rings. The normalized spacial score (nSPS) is 20.9. The molecule has 6 heteroatoms. The van der Waals surface area contributed by atoms with Gasteiger partial charge in [0.05, 0.1) is 20.1 Å². The summed E-state index contributed by atoms with van der Waals surface area (Å²) in [6.45, 7) is 0. The zero-order valence-corrected chi connectivity index (χ0v) is 16.8. The number of Topliss-reactive ketones (excluding diaryl/α,β-unsaturated/α-hetero) is 1. The first kappa shape index (κ1) is 19.6. The monoisotopic (exact) mass is 402 g/mol. The Labute approximate surface area is 175 Å². The summed E-state index contributed by atoms with van der Waals surface area (Å²) in [4.78, 5) is 13.3. The van der Waals surface area contributed by atoms with Crippen LogP contribution in [0.1, 0.15) is 35.8 Å². The molecule has 2 aromatic carbocycles. The quantitative estimate of drug-likeness (QED) is 0.833. The Bertz CT molecular complexity index is 1100. The van der Waals surface area contributed by atoms with Crippen LogP contribution < -0.4 is 15.2 Å². The highest BCUT2D eigenvalue weighted by Crippen LogP contribution is 2.49. The highest BCUT2D eigenvalue weighted by Gasteiger charge is 2.42. The summed E-state index contributed by atoms with van der Waals surface area (Å²) in [6, 6.07) is 17.3. The van der Waals surface area contributed by atoms with Gasteiger partial charge in [-0.1, -0.05) is 30.3 Å². The van der Waals surface area contributed by atoms with E-state index in [-0.39, 0.29) is 23.2 Å². The van der Waals surface area contributed by atoms with Crippen molar-refractivity contribution >= 4 is 5.78 Å². The number of benzene rings is 2. The number of nitrogens with zero attached hydrogens (tertiary/aromatic N) is 1. The fourth-order valence-electron chi connectivity index (χ4n) is 4.24. The van der Waals surface area contributed by atoms with E-state index < -0.39 is 5.92 Å². The van der Waals surface area contributed by atoms with Gasteiger partial charge in [0.15, 0.2) is 5.78 Å². The van der Waals surface area contributed by atoms with E-state index in [0.29, 0.717) is 41.2 Å². The van der Waals surface area contributed by atoms with Crippen molar-refractivity contribution in [2.24, 2.45) is 5.73 Å². The van der Waals surface area contributed by atoms with Crippen molar-refractivity contribution in [3.63, 3.8) is 0 Å². The van der Waals surface area contributed by atoms with Crippen molar-refractivity contribution in [2.75, 3.05) is 14.2 Å². The maximum Gasteiger partial charge on any atom is 0.205 e. The van der Waals surface area contributed by atoms with Gasteiger partial charge in [0.1, 0.15) is 28.9 Å². The van der Waals surface area contributed by atoms with Gasteiger partial charge in [-0.25, -0.2) is 0 Å². The van der Waals surface area contributed by atoms with Gasteiger partial charge in [0, 0.05) is 24.0 Å². The van der Waals surface area contributed by atoms with Crippen LogP contribution in [0.2, 0.25) is 0 Å². The Morgan fingerprint density at radius 1 is 1.10 bits per heavy atom. The van der Waals surface area contributed by atoms with Crippen LogP contribution in [0.15, 0.2) is 71.3 Å². The topological polar surface area (TPSA) is 94.6 Å². The molecule has 1 aliphatic carbocycles. The molecule has 0 spiro atoms. The SMILES string of the molecule is COc1ccc(OC)c([C@@H]2C(C#N)=C(N)OC3=C2C(=O)C[C@H](c2ccccc2)C3)c1. The average molecular weight is 402 g/mol. The number of nitrogens with two attached hydrogens (primary N) is 1. The van der Waals surface area contributed by atoms with Crippen LogP contribution in [0.5, 0.6) is 11.5 Å². The van der Waals surface area contributed by atoms with Crippen LogP contribution in [0.4, 0.5) is 0 Å². The molecule has 0 bridgehead atoms. The molecule has 0 saturated carbocycles. The molecule has 152 valence electrons. The van der Waals surface area contributed by atoms with Gasteiger partial charge < -0.3 is 19.9 Å². The van der Waals surface area contributed by atoms with Gasteiger partial charge in [-0.05, 0) is 29.7 Å². The fourth-order valence-corrected chi connectivity index (χ4v) is 4.24. The molecule has 2 atom stereocenters. The molecule has 0 saturated heterocycles. The fraction of sp³-hybridized carbons (Fsp3) is 0.250. The van der Waals surface area contributed by atoms with Gasteiger partial charge in [-0.3, -0.25) is 4.79 Å². The van der Waals surface area contributed by atoms with E-state index in [9.17, 15) is 10.1 Å². The van der Waals surface area contributed by atoms with Crippen LogP contribution in [-0.4, -0.2) is 20.0 Å². The summed E-state index contributed by atoms with van der Waals surface area (Å²) in [6.07, 6.45) is 0.876. The lowest BCUT2D eigenvalue weighted by Crippen LogP contribution is -2.30. The number of allylic oxidation sites excluding steroid dienone is 3. The minimum absolute atomic E-state index is 0.00161. The summed E-state index contributed by atoms with van der Waals surface area (Å²) < 4.78 is 16.7. The number of hydrogen-bond donors (Lipinski definition) is 1. The Morgan fingerprint density at radius 3 is 2.53 bits per heavy atom. The summed E-state index contributed by atoms with van der Waals surface area (Å²) in [7, 11) is 3.11. The molecule has 1 aliphatic heterocycles. The Kier molecular flexibility index (Phi) is 5.20. The summed E-state index contributed by atoms with van der Waals surface area (Å²) in [5.74, 6) is 0.975. The lowest BCUT2D eigenvalue weighted by molar-refractivity contribution is -0.117. The second kappa shape index (κ2) is 7.96. The first-order valence-corrected chi connectivity index (χ1v) is 9.68. The van der Waals surface area contributed by atoms with Crippen molar-refractivity contribution in [2.45, 2.75) is 24.7 Å². The number of methoxy groups -OCH3 is 2. The van der Waals surface area contributed by atoms with Gasteiger partial charge in [-0.2, -0.15) is 5.26 Å². The largest absolute Gasteiger partial charge is 0.497 e. The smallest absolute Gasteiger partial charge is 0.205 e. The van der Waals surface area contributed by atoms with E-state index in [1.165, 1.54) is 0 Å². The first-order valence-electron chi connectivity index (χ1n) is 9.68. The molecule has 0 fully saturated rings. The van der Waals surface area contributed by atoms with Gasteiger partial charge in [0.25, 0.3) is 0 Å². The average Bonchev–Trinajstić information content (AvgIpc) is 2.78. The molecule has 6 nitrogen and oxygen atoms in total. The van der Waals surface area contributed by atoms with Crippen molar-refractivity contribution < 1.29 is 19.0 Å². The van der Waals surface area contributed by atoms with E-state index >= 15 is 0 Å². The maximum absolute atomic E-state index is 13.3. The summed E-state index contributed by atoms with van der Waals surface area (Å²) in [5.41, 5.74) is 8.53. The highest BCUT2D eigenvalue weighted by molar-refractivity contribution is 6.00. The molecule has 0 amide bonds. The Balaban J connectivity index is 1.85. The predicted octanol–water partition coefficient (Wildman–Crippen LogP) is 3.91. The van der Waals surface area contributed by atoms with Crippen LogP contribution in [0.3, 0.4) is 0 Å². The Morgan fingerprint density at radius 2 is 1.87 bits per heavy atom. The standard InChI is InChI=1S/C24H22N2O4/c1-28-16-8-9-20(29-2)17(12-16)22-18(13-25)24(26)30-21-11-15(10-19(27)23(21)22)14-6-4-3-5-7-14/h3-9,12,15,22H,10-11,26H2,1-2H3/t15-,22+/m0/s1. The first-order chi connectivity index (χ1) is 14.6. The number of ketones is 1. The third-order valence-electron chi connectivity index (χ3n) is 5.68. The molecule has 2 aliphatic rings. The van der Waals surface area contributed by atoms with Gasteiger partial charge in [0.2, 0.25) is 5.88 Å². The van der Waals surface area contributed by atoms with Crippen LogP contribution in [0.25, 0.3) is 0 Å². The molecule has 4 rings (SSSR count). The lowest BCUT2D eigenvalue weighted by Gasteiger charge is -2.34. The number of ether oxygens (including phenoxy) is 3. The van der Waals surface area contributed by atoms with E-state index in [2.05, 4.69) is 6.07 Å². The third-order valence-corrected chi connectivity index (χ3v) is 5.68. The van der Waals surface area contributed by atoms with E-state index in [4.69, 9.17) is 19.9 Å². The number of hydrogen-bond acceptors (Lipinski definition) is 6. The zero-order valence-electron chi connectivity index (χ0n) is 16.8. The third kappa shape index (κ3) is 3.29. The maximum atomic E-state index is 13.3. The summed E-state index contributed by atoms with van der Waals surface area (Å²) >= 11 is 0. The number of nitriles is 1. The van der Waals surface area contributed by atoms with E-state index in [1.807, 2.05) is 30.3 Å². The number of carbonyl (C=O) groups excluding carboxylic acids is 1. The molecule has 2 N–H and O–H groups in total. The molecular weight excluding hydrogens is 380 g/mol. The van der Waals surface area contributed by atoms with Crippen LogP contribution >= 0.6 is 0 Å². The second-order valence-electron chi connectivity index (χ2n) is 7.31. The minimum atomic E-state index is -0.659. The van der Waals surface area contributed by atoms with Gasteiger partial charge >= 0.3 is 0 Å². The molecular formula is C24H22N2O4. The summed E-state index contributed by atoms with van der Waals surface area (Å²) in [5, 5.41) is 9.82. The zero-order chi connectivity index (χ0) is 21.3. The van der Waals surface area contributed by atoms with Crippen molar-refractivity contribution in [1.82, 2.24) is 0 Å². The number of rotatable bonds is 4. The van der Waals surface area contributed by atoms with E-state index in [0.717, 1.165) is 5.56 Å². The van der Waals surface area contributed by atoms with Crippen molar-refractivity contribution in [1.29, 1.82) is 5.26 Å². The lowest BCUT2D eigenvalue weighted by atomic mass is 9.73. The van der Waals surface area contributed by atoms with Crippen molar-refractivity contribution in [3.8, 4) is 17.6 Å². The minimum Gasteiger partial charge on any atom is -0.497 e. The van der Waals surface area contributed by atoms with Gasteiger partial charge in [-0.15, -0.1) is 0 Å². The van der Waals surface area contributed by atoms with Crippen LogP contribution in [-0.2, 0) is 9.53 Å². The van der Waals surface area contributed by atoms with E-state index in [1.54, 1.807) is 32.4 Å². The molecule has 0 aromatic heterocycles. The highest BCUT2D eigenvalue weighted by atomic mass is 16.5. The number of carbonyl (C=O) groups is 1. The Hall–Kier alpha value is -3.72.